The van der Waals surface area contributed by atoms with Gasteiger partial charge >= 0.3 is 12.2 Å². The second-order valence-electron chi connectivity index (χ2n) is 7.06. The van der Waals surface area contributed by atoms with Gasteiger partial charge in [-0.15, -0.1) is 0 Å². The highest BCUT2D eigenvalue weighted by Crippen LogP contribution is 2.28. The maximum atomic E-state index is 12.7. The molecule has 0 radical (unpaired) electrons. The number of halogens is 3. The van der Waals surface area contributed by atoms with E-state index in [1.165, 1.54) is 0 Å². The van der Waals surface area contributed by atoms with E-state index in [-0.39, 0.29) is 30.4 Å². The molecule has 0 aromatic carbocycles. The van der Waals surface area contributed by atoms with Crippen LogP contribution < -0.4 is 4.74 Å². The fourth-order valence-electron chi connectivity index (χ4n) is 2.79. The Kier molecular flexibility index (Phi) is 8.45. The molecule has 160 valence electrons. The third-order valence-corrected chi connectivity index (χ3v) is 4.87. The molecule has 2 heterocycles. The van der Waals surface area contributed by atoms with Crippen molar-refractivity contribution in [3.05, 3.63) is 18.0 Å². The zero-order valence-corrected chi connectivity index (χ0v) is 16.6. The standard InChI is InChI=1S/C19H29F3N2O4/c1-4-18(3,9-11-25-5-2)27-13-14-6-7-15(12-26-14)28-17-23-10-8-16(24-17)19(20,21)22/h8,10,14-15H,4-7,9,11-13H2,1-3H3. The normalized spacial score (nSPS) is 22.6. The Bertz CT molecular complexity index is 595. The van der Waals surface area contributed by atoms with Gasteiger partial charge in [0.25, 0.3) is 0 Å². The molecule has 0 spiro atoms. The number of hydrogen-bond donors (Lipinski definition) is 0. The second-order valence-corrected chi connectivity index (χ2v) is 7.06. The summed E-state index contributed by atoms with van der Waals surface area (Å²) in [5, 5.41) is 0. The van der Waals surface area contributed by atoms with Crippen molar-refractivity contribution in [3.8, 4) is 6.01 Å². The van der Waals surface area contributed by atoms with E-state index in [9.17, 15) is 13.2 Å². The van der Waals surface area contributed by atoms with Crippen LogP contribution >= 0.6 is 0 Å². The lowest BCUT2D eigenvalue weighted by molar-refractivity contribution is -0.142. The van der Waals surface area contributed by atoms with E-state index in [4.69, 9.17) is 18.9 Å². The van der Waals surface area contributed by atoms with Crippen LogP contribution in [0, 0.1) is 0 Å². The molecule has 2 rings (SSSR count). The van der Waals surface area contributed by atoms with Crippen LogP contribution in [-0.2, 0) is 20.4 Å². The predicted octanol–water partition coefficient (Wildman–Crippen LogP) is 4.03. The lowest BCUT2D eigenvalue weighted by Gasteiger charge is -2.33. The molecule has 6 nitrogen and oxygen atoms in total. The Labute approximate surface area is 163 Å². The first-order valence-corrected chi connectivity index (χ1v) is 9.66. The lowest BCUT2D eigenvalue weighted by Crippen LogP contribution is -2.39. The summed E-state index contributed by atoms with van der Waals surface area (Å²) in [7, 11) is 0. The van der Waals surface area contributed by atoms with Gasteiger partial charge in [0.05, 0.1) is 24.9 Å². The quantitative estimate of drug-likeness (QED) is 0.547. The summed E-state index contributed by atoms with van der Waals surface area (Å²) < 4.78 is 60.9. The van der Waals surface area contributed by atoms with E-state index in [1.54, 1.807) is 0 Å². The van der Waals surface area contributed by atoms with Crippen LogP contribution in [-0.4, -0.2) is 54.2 Å². The summed E-state index contributed by atoms with van der Waals surface area (Å²) in [4.78, 5) is 7.18. The number of alkyl halides is 3. The highest BCUT2D eigenvalue weighted by molar-refractivity contribution is 5.09. The number of hydrogen-bond acceptors (Lipinski definition) is 6. The van der Waals surface area contributed by atoms with Crippen LogP contribution in [0.1, 0.15) is 52.1 Å². The number of aromatic nitrogens is 2. The van der Waals surface area contributed by atoms with Gasteiger partial charge in [0, 0.05) is 19.4 Å². The van der Waals surface area contributed by atoms with E-state index in [2.05, 4.69) is 23.8 Å². The van der Waals surface area contributed by atoms with Gasteiger partial charge in [-0.2, -0.15) is 18.2 Å². The average Bonchev–Trinajstić information content (AvgIpc) is 2.67. The summed E-state index contributed by atoms with van der Waals surface area (Å²) in [5.74, 6) is 0. The van der Waals surface area contributed by atoms with Gasteiger partial charge in [0.15, 0.2) is 5.69 Å². The molecule has 0 bridgehead atoms. The Morgan fingerprint density at radius 3 is 2.64 bits per heavy atom. The van der Waals surface area contributed by atoms with Gasteiger partial charge < -0.3 is 18.9 Å². The monoisotopic (exact) mass is 406 g/mol. The third kappa shape index (κ3) is 7.18. The van der Waals surface area contributed by atoms with Gasteiger partial charge in [-0.3, -0.25) is 0 Å². The van der Waals surface area contributed by atoms with Crippen molar-refractivity contribution in [3.63, 3.8) is 0 Å². The van der Waals surface area contributed by atoms with Crippen molar-refractivity contribution in [1.29, 1.82) is 0 Å². The second kappa shape index (κ2) is 10.4. The van der Waals surface area contributed by atoms with Gasteiger partial charge in [0.1, 0.15) is 6.10 Å². The van der Waals surface area contributed by atoms with Gasteiger partial charge in [-0.25, -0.2) is 4.98 Å². The molecule has 1 aliphatic rings. The van der Waals surface area contributed by atoms with E-state index in [0.29, 0.717) is 32.7 Å². The molecule has 1 aromatic rings. The minimum atomic E-state index is -4.53. The Morgan fingerprint density at radius 1 is 1.25 bits per heavy atom. The zero-order valence-electron chi connectivity index (χ0n) is 16.6. The largest absolute Gasteiger partial charge is 0.458 e. The minimum Gasteiger partial charge on any atom is -0.458 e. The van der Waals surface area contributed by atoms with Crippen LogP contribution in [0.15, 0.2) is 12.3 Å². The predicted molar refractivity (Wildman–Crippen MR) is 96.2 cm³/mol. The molecule has 1 fully saturated rings. The smallest absolute Gasteiger partial charge is 0.433 e. The van der Waals surface area contributed by atoms with Crippen LogP contribution in [0.25, 0.3) is 0 Å². The van der Waals surface area contributed by atoms with Gasteiger partial charge in [0.2, 0.25) is 0 Å². The summed E-state index contributed by atoms with van der Waals surface area (Å²) >= 11 is 0. The fraction of sp³-hybridized carbons (Fsp3) is 0.789. The maximum Gasteiger partial charge on any atom is 0.433 e. The third-order valence-electron chi connectivity index (χ3n) is 4.87. The minimum absolute atomic E-state index is 0.0692. The molecule has 0 N–H and O–H groups in total. The van der Waals surface area contributed by atoms with Gasteiger partial charge in [-0.1, -0.05) is 6.92 Å². The number of ether oxygens (including phenoxy) is 4. The van der Waals surface area contributed by atoms with Crippen LogP contribution in [0.5, 0.6) is 6.01 Å². The van der Waals surface area contributed by atoms with Crippen molar-refractivity contribution in [2.45, 2.75) is 70.4 Å². The molecule has 0 saturated carbocycles. The molecule has 0 aliphatic carbocycles. The maximum absolute atomic E-state index is 12.7. The van der Waals surface area contributed by atoms with Crippen molar-refractivity contribution < 1.29 is 32.1 Å². The molecule has 28 heavy (non-hydrogen) atoms. The Morgan fingerprint density at radius 2 is 2.04 bits per heavy atom. The first-order valence-electron chi connectivity index (χ1n) is 9.66. The molecule has 3 unspecified atom stereocenters. The van der Waals surface area contributed by atoms with E-state index in [1.807, 2.05) is 6.92 Å². The molecule has 3 atom stereocenters. The molecular formula is C19H29F3N2O4. The van der Waals surface area contributed by atoms with Gasteiger partial charge in [-0.05, 0) is 45.6 Å². The van der Waals surface area contributed by atoms with E-state index >= 15 is 0 Å². The summed E-state index contributed by atoms with van der Waals surface area (Å²) in [6, 6.07) is 0.529. The van der Waals surface area contributed by atoms with E-state index in [0.717, 1.165) is 25.1 Å². The van der Waals surface area contributed by atoms with Crippen molar-refractivity contribution in [2.24, 2.45) is 0 Å². The molecule has 1 saturated heterocycles. The molecular weight excluding hydrogens is 377 g/mol. The highest BCUT2D eigenvalue weighted by atomic mass is 19.4. The molecule has 1 aromatic heterocycles. The molecule has 1 aliphatic heterocycles. The number of rotatable bonds is 10. The number of nitrogens with zero attached hydrogens (tertiary/aromatic N) is 2. The lowest BCUT2D eigenvalue weighted by atomic mass is 9.99. The average molecular weight is 406 g/mol. The Hall–Kier alpha value is -1.45. The molecule has 9 heteroatoms. The zero-order chi connectivity index (χ0) is 20.6. The molecule has 0 amide bonds. The van der Waals surface area contributed by atoms with Crippen LogP contribution in [0.2, 0.25) is 0 Å². The summed E-state index contributed by atoms with van der Waals surface area (Å²) in [6.07, 6.45) is -0.936. The van der Waals surface area contributed by atoms with Crippen LogP contribution in [0.3, 0.4) is 0 Å². The first-order chi connectivity index (χ1) is 13.3. The fourth-order valence-corrected chi connectivity index (χ4v) is 2.79. The highest BCUT2D eigenvalue weighted by Gasteiger charge is 2.33. The topological polar surface area (TPSA) is 62.7 Å². The van der Waals surface area contributed by atoms with Crippen LogP contribution in [0.4, 0.5) is 13.2 Å². The SMILES string of the molecule is CCOCCC(C)(CC)OCC1CCC(Oc2nccc(C(F)(F)F)n2)CO1. The van der Waals surface area contributed by atoms with E-state index < -0.39 is 11.9 Å². The Balaban J connectivity index is 1.77. The summed E-state index contributed by atoms with van der Waals surface area (Å²) in [6.45, 7) is 8.15. The van der Waals surface area contributed by atoms with Crippen molar-refractivity contribution >= 4 is 0 Å². The van der Waals surface area contributed by atoms with Crippen molar-refractivity contribution in [1.82, 2.24) is 9.97 Å². The first kappa shape index (κ1) is 22.8. The van der Waals surface area contributed by atoms with Crippen molar-refractivity contribution in [2.75, 3.05) is 26.4 Å². The summed E-state index contributed by atoms with van der Waals surface area (Å²) in [5.41, 5.74) is -1.29.